The molecular weight excluding hydrogens is 226 g/mol. The minimum absolute atomic E-state index is 0.0803. The number of ether oxygens (including phenoxy) is 1. The highest BCUT2D eigenvalue weighted by Gasteiger charge is 2.19. The second kappa shape index (κ2) is 5.47. The Morgan fingerprint density at radius 3 is 3.31 bits per heavy atom. The molecule has 1 aliphatic heterocycles. The summed E-state index contributed by atoms with van der Waals surface area (Å²) in [4.78, 5) is 18.6. The van der Waals surface area contributed by atoms with Gasteiger partial charge in [0.2, 0.25) is 0 Å². The first-order valence-electron chi connectivity index (χ1n) is 5.23. The Hall–Kier alpha value is -0.850. The van der Waals surface area contributed by atoms with Gasteiger partial charge < -0.3 is 15.0 Å². The van der Waals surface area contributed by atoms with Gasteiger partial charge in [-0.2, -0.15) is 11.8 Å². The third kappa shape index (κ3) is 2.84. The van der Waals surface area contributed by atoms with Crippen molar-refractivity contribution in [1.29, 1.82) is 0 Å². The summed E-state index contributed by atoms with van der Waals surface area (Å²) >= 11 is 1.82. The van der Waals surface area contributed by atoms with E-state index in [-0.39, 0.29) is 11.7 Å². The molecule has 1 unspecified atom stereocenters. The maximum absolute atomic E-state index is 11.4. The van der Waals surface area contributed by atoms with E-state index in [1.165, 1.54) is 6.07 Å². The van der Waals surface area contributed by atoms with Crippen molar-refractivity contribution in [1.82, 2.24) is 15.3 Å². The molecule has 0 aliphatic carbocycles. The van der Waals surface area contributed by atoms with Crippen molar-refractivity contribution in [3.63, 3.8) is 0 Å². The zero-order chi connectivity index (χ0) is 11.4. The molecule has 2 heterocycles. The van der Waals surface area contributed by atoms with Gasteiger partial charge in [0.15, 0.2) is 0 Å². The van der Waals surface area contributed by atoms with E-state index in [1.807, 2.05) is 18.8 Å². The Bertz CT molecular complexity index is 401. The molecule has 2 rings (SSSR count). The summed E-state index contributed by atoms with van der Waals surface area (Å²) in [5.41, 5.74) is 0.634. The van der Waals surface area contributed by atoms with Crippen LogP contribution in [0.25, 0.3) is 0 Å². The molecule has 16 heavy (non-hydrogen) atoms. The standard InChI is InChI=1S/C10H15N3O2S/c1-11-5-7-4-9(14)13-10(12-7)8-6-16-3-2-15-8/h4,8,11H,2-3,5-6H2,1H3,(H,12,13,14). The molecule has 1 aliphatic rings. The molecule has 2 N–H and O–H groups in total. The van der Waals surface area contributed by atoms with Crippen molar-refractivity contribution >= 4 is 11.8 Å². The van der Waals surface area contributed by atoms with Crippen LogP contribution in [-0.2, 0) is 11.3 Å². The largest absolute Gasteiger partial charge is 0.369 e. The third-order valence-corrected chi connectivity index (χ3v) is 3.29. The maximum atomic E-state index is 11.4. The summed E-state index contributed by atoms with van der Waals surface area (Å²) in [6, 6.07) is 1.51. The molecule has 1 saturated heterocycles. The van der Waals surface area contributed by atoms with Crippen molar-refractivity contribution in [2.45, 2.75) is 12.6 Å². The van der Waals surface area contributed by atoms with E-state index in [2.05, 4.69) is 15.3 Å². The minimum Gasteiger partial charge on any atom is -0.369 e. The van der Waals surface area contributed by atoms with E-state index < -0.39 is 0 Å². The number of aromatic nitrogens is 2. The first-order valence-corrected chi connectivity index (χ1v) is 6.39. The fourth-order valence-electron chi connectivity index (χ4n) is 1.60. The molecule has 0 radical (unpaired) electrons. The van der Waals surface area contributed by atoms with Gasteiger partial charge in [0.1, 0.15) is 11.9 Å². The van der Waals surface area contributed by atoms with E-state index >= 15 is 0 Å². The lowest BCUT2D eigenvalue weighted by Gasteiger charge is -2.21. The Labute approximate surface area is 98.0 Å². The number of nitrogens with zero attached hydrogens (tertiary/aromatic N) is 1. The Morgan fingerprint density at radius 2 is 2.62 bits per heavy atom. The molecule has 1 fully saturated rings. The Balaban J connectivity index is 2.21. The highest BCUT2D eigenvalue weighted by molar-refractivity contribution is 7.99. The summed E-state index contributed by atoms with van der Waals surface area (Å²) in [6.07, 6.45) is -0.0803. The smallest absolute Gasteiger partial charge is 0.251 e. The molecule has 5 nitrogen and oxygen atoms in total. The number of hydrogen-bond donors (Lipinski definition) is 2. The molecule has 0 bridgehead atoms. The van der Waals surface area contributed by atoms with Crippen molar-refractivity contribution in [2.75, 3.05) is 25.2 Å². The second-order valence-corrected chi connectivity index (χ2v) is 4.74. The van der Waals surface area contributed by atoms with Crippen LogP contribution in [0.1, 0.15) is 17.6 Å². The van der Waals surface area contributed by atoms with Crippen molar-refractivity contribution < 1.29 is 4.74 Å². The predicted molar refractivity (Wildman–Crippen MR) is 63.6 cm³/mol. The molecule has 6 heteroatoms. The van der Waals surface area contributed by atoms with Crippen molar-refractivity contribution in [3.05, 3.63) is 27.9 Å². The fraction of sp³-hybridized carbons (Fsp3) is 0.600. The fourth-order valence-corrected chi connectivity index (χ4v) is 2.45. The van der Waals surface area contributed by atoms with E-state index in [1.54, 1.807) is 0 Å². The summed E-state index contributed by atoms with van der Waals surface area (Å²) in [5, 5.41) is 2.98. The molecular formula is C10H15N3O2S. The quantitative estimate of drug-likeness (QED) is 0.796. The molecule has 88 valence electrons. The molecule has 0 spiro atoms. The number of rotatable bonds is 3. The zero-order valence-electron chi connectivity index (χ0n) is 9.16. The van der Waals surface area contributed by atoms with Gasteiger partial charge in [-0.1, -0.05) is 0 Å². The molecule has 0 saturated carbocycles. The number of aromatic amines is 1. The van der Waals surface area contributed by atoms with Crippen molar-refractivity contribution in [2.24, 2.45) is 0 Å². The lowest BCUT2D eigenvalue weighted by molar-refractivity contribution is 0.0690. The predicted octanol–water partition coefficient (Wildman–Crippen LogP) is 0.294. The number of hydrogen-bond acceptors (Lipinski definition) is 5. The van der Waals surface area contributed by atoms with Gasteiger partial charge in [-0.05, 0) is 7.05 Å². The Morgan fingerprint density at radius 1 is 1.75 bits per heavy atom. The lowest BCUT2D eigenvalue weighted by Crippen LogP contribution is -2.23. The van der Waals surface area contributed by atoms with Crippen LogP contribution in [-0.4, -0.2) is 35.1 Å². The van der Waals surface area contributed by atoms with E-state index in [4.69, 9.17) is 4.74 Å². The van der Waals surface area contributed by atoms with Crippen LogP contribution in [0.2, 0.25) is 0 Å². The summed E-state index contributed by atoms with van der Waals surface area (Å²) in [6.45, 7) is 1.31. The van der Waals surface area contributed by atoms with Gasteiger partial charge in [0, 0.05) is 24.1 Å². The molecule has 1 aromatic rings. The SMILES string of the molecule is CNCc1cc(=O)[nH]c(C2CSCCO2)n1. The van der Waals surface area contributed by atoms with Gasteiger partial charge in [0.05, 0.1) is 12.3 Å². The van der Waals surface area contributed by atoms with Crippen LogP contribution >= 0.6 is 11.8 Å². The number of H-pyrrole nitrogens is 1. The van der Waals surface area contributed by atoms with Crippen LogP contribution in [0.4, 0.5) is 0 Å². The average Bonchev–Trinajstić information content (AvgIpc) is 2.30. The summed E-state index contributed by atoms with van der Waals surface area (Å²) in [5.74, 6) is 2.51. The summed E-state index contributed by atoms with van der Waals surface area (Å²) in [7, 11) is 1.83. The first kappa shape index (κ1) is 11.6. The van der Waals surface area contributed by atoms with E-state index in [0.29, 0.717) is 12.4 Å². The van der Waals surface area contributed by atoms with E-state index in [9.17, 15) is 4.79 Å². The van der Waals surface area contributed by atoms with Gasteiger partial charge in [-0.15, -0.1) is 0 Å². The molecule has 0 aromatic carbocycles. The number of nitrogens with one attached hydrogen (secondary N) is 2. The van der Waals surface area contributed by atoms with Gasteiger partial charge >= 0.3 is 0 Å². The number of thioether (sulfide) groups is 1. The van der Waals surface area contributed by atoms with E-state index in [0.717, 1.165) is 23.8 Å². The highest BCUT2D eigenvalue weighted by atomic mass is 32.2. The molecule has 1 atom stereocenters. The van der Waals surface area contributed by atoms with Crippen molar-refractivity contribution in [3.8, 4) is 0 Å². The van der Waals surface area contributed by atoms with Gasteiger partial charge in [-0.25, -0.2) is 4.98 Å². The topological polar surface area (TPSA) is 67.0 Å². The van der Waals surface area contributed by atoms with Gasteiger partial charge in [0.25, 0.3) is 5.56 Å². The van der Waals surface area contributed by atoms with Gasteiger partial charge in [-0.3, -0.25) is 4.79 Å². The van der Waals surface area contributed by atoms with Crippen LogP contribution in [0.3, 0.4) is 0 Å². The molecule has 0 amide bonds. The first-order chi connectivity index (χ1) is 7.79. The zero-order valence-corrected chi connectivity index (χ0v) is 9.97. The minimum atomic E-state index is -0.116. The summed E-state index contributed by atoms with van der Waals surface area (Å²) < 4.78 is 5.58. The Kier molecular flexibility index (Phi) is 3.98. The lowest BCUT2D eigenvalue weighted by atomic mass is 10.3. The normalized spacial score (nSPS) is 20.9. The maximum Gasteiger partial charge on any atom is 0.251 e. The highest BCUT2D eigenvalue weighted by Crippen LogP contribution is 2.23. The van der Waals surface area contributed by atoms with Crippen LogP contribution in [0, 0.1) is 0 Å². The average molecular weight is 241 g/mol. The van der Waals surface area contributed by atoms with Crippen LogP contribution in [0.15, 0.2) is 10.9 Å². The monoisotopic (exact) mass is 241 g/mol. The van der Waals surface area contributed by atoms with Crippen LogP contribution in [0.5, 0.6) is 0 Å². The van der Waals surface area contributed by atoms with Crippen LogP contribution < -0.4 is 10.9 Å². The third-order valence-electron chi connectivity index (χ3n) is 2.29. The second-order valence-electron chi connectivity index (χ2n) is 3.59. The molecule has 1 aromatic heterocycles.